The summed E-state index contributed by atoms with van der Waals surface area (Å²) in [5.74, 6) is -3.91. The smallest absolute Gasteiger partial charge is 0.490 e. The van der Waals surface area contributed by atoms with E-state index in [0.29, 0.717) is 37.5 Å². The van der Waals surface area contributed by atoms with Crippen LogP contribution in [0.4, 0.5) is 32.2 Å². The highest BCUT2D eigenvalue weighted by Crippen LogP contribution is 2.29. The van der Waals surface area contributed by atoms with E-state index < -0.39 is 24.3 Å². The maximum absolute atomic E-state index is 12.9. The van der Waals surface area contributed by atoms with Crippen molar-refractivity contribution in [3.8, 4) is 16.9 Å². The summed E-state index contributed by atoms with van der Waals surface area (Å²) >= 11 is 0. The third kappa shape index (κ3) is 9.28. The van der Waals surface area contributed by atoms with Crippen molar-refractivity contribution in [2.24, 2.45) is 0 Å². The molecule has 45 heavy (non-hydrogen) atoms. The monoisotopic (exact) mass is 642 g/mol. The summed E-state index contributed by atoms with van der Waals surface area (Å²) in [6, 6.07) is 13.4. The molecular formula is C27H24F6N6O6. The number of aliphatic carboxylic acids is 2. The molecular weight excluding hydrogens is 618 g/mol. The molecule has 18 heteroatoms. The number of anilines is 1. The van der Waals surface area contributed by atoms with E-state index in [4.69, 9.17) is 24.5 Å². The zero-order valence-electron chi connectivity index (χ0n) is 23.1. The van der Waals surface area contributed by atoms with Gasteiger partial charge in [-0.3, -0.25) is 9.89 Å². The maximum atomic E-state index is 12.9. The predicted molar refractivity (Wildman–Crippen MR) is 146 cm³/mol. The van der Waals surface area contributed by atoms with Gasteiger partial charge in [-0.25, -0.2) is 19.6 Å². The van der Waals surface area contributed by atoms with Crippen LogP contribution in [0.25, 0.3) is 22.0 Å². The zero-order chi connectivity index (χ0) is 33.4. The second-order valence-electron chi connectivity index (χ2n) is 9.03. The number of carbonyl (C=O) groups excluding carboxylic acids is 1. The molecule has 5 rings (SSSR count). The summed E-state index contributed by atoms with van der Waals surface area (Å²) in [6.07, 6.45) is -4.90. The summed E-state index contributed by atoms with van der Waals surface area (Å²) in [5.41, 5.74) is 3.62. The van der Waals surface area contributed by atoms with Crippen LogP contribution in [-0.2, 0) is 9.59 Å². The number of carbonyl (C=O) groups is 3. The highest BCUT2D eigenvalue weighted by atomic mass is 19.4. The second-order valence-corrected chi connectivity index (χ2v) is 9.03. The third-order valence-electron chi connectivity index (χ3n) is 6.11. The standard InChI is InChI=1S/C23H22N6O2.2C2HF3O2/c1-31-19-4-2-3-17(11-19)23(30)29-9-7-28(8-10-29)22-20-12-16(18-13-26-27-14-18)5-6-21(20)24-15-25-22;2*3-2(4,5)1(6)7/h2-6,11-15H,7-10H2,1H3,(H,26,27);2*(H,6,7). The first-order valence-electron chi connectivity index (χ1n) is 12.6. The minimum absolute atomic E-state index is 0.0216. The van der Waals surface area contributed by atoms with Gasteiger partial charge in [0.1, 0.15) is 17.9 Å². The number of piperazine rings is 1. The number of rotatable bonds is 4. The quantitative estimate of drug-likeness (QED) is 0.274. The first kappa shape index (κ1) is 34.1. The van der Waals surface area contributed by atoms with Gasteiger partial charge < -0.3 is 24.7 Å². The molecule has 240 valence electrons. The maximum Gasteiger partial charge on any atom is 0.490 e. The lowest BCUT2D eigenvalue weighted by molar-refractivity contribution is -0.193. The third-order valence-corrected chi connectivity index (χ3v) is 6.11. The number of nitrogens with one attached hydrogen (secondary N) is 1. The zero-order valence-corrected chi connectivity index (χ0v) is 23.1. The molecule has 0 bridgehead atoms. The molecule has 1 saturated heterocycles. The van der Waals surface area contributed by atoms with Gasteiger partial charge in [0, 0.05) is 48.9 Å². The number of fused-ring (bicyclic) bond motifs is 1. The van der Waals surface area contributed by atoms with Gasteiger partial charge in [-0.05, 0) is 35.9 Å². The minimum Gasteiger partial charge on any atom is -0.497 e. The number of H-pyrrole nitrogens is 1. The van der Waals surface area contributed by atoms with E-state index in [1.165, 1.54) is 0 Å². The molecule has 1 fully saturated rings. The minimum atomic E-state index is -5.08. The van der Waals surface area contributed by atoms with Gasteiger partial charge in [-0.1, -0.05) is 12.1 Å². The Hall–Kier alpha value is -5.42. The fraction of sp³-hybridized carbons (Fsp3) is 0.259. The predicted octanol–water partition coefficient (Wildman–Crippen LogP) is 4.26. The number of nitrogens with zero attached hydrogens (tertiary/aromatic N) is 5. The van der Waals surface area contributed by atoms with Crippen molar-refractivity contribution in [2.75, 3.05) is 38.2 Å². The van der Waals surface area contributed by atoms with Gasteiger partial charge in [-0.15, -0.1) is 0 Å². The average molecular weight is 643 g/mol. The Balaban J connectivity index is 0.000000331. The first-order valence-corrected chi connectivity index (χ1v) is 12.6. The molecule has 12 nitrogen and oxygen atoms in total. The molecule has 0 saturated carbocycles. The number of ether oxygens (including phenoxy) is 1. The fourth-order valence-electron chi connectivity index (χ4n) is 3.94. The fourth-order valence-corrected chi connectivity index (χ4v) is 3.94. The molecule has 1 amide bonds. The lowest BCUT2D eigenvalue weighted by atomic mass is 10.1. The number of amides is 1. The number of alkyl halides is 6. The molecule has 3 N–H and O–H groups in total. The molecule has 4 aromatic rings. The summed E-state index contributed by atoms with van der Waals surface area (Å²) in [7, 11) is 1.60. The van der Waals surface area contributed by atoms with Gasteiger partial charge >= 0.3 is 24.3 Å². The van der Waals surface area contributed by atoms with Gasteiger partial charge in [0.2, 0.25) is 0 Å². The highest BCUT2D eigenvalue weighted by Gasteiger charge is 2.38. The Bertz CT molecular complexity index is 1600. The number of carboxylic acids is 2. The van der Waals surface area contributed by atoms with Crippen LogP contribution in [0, 0.1) is 0 Å². The number of benzene rings is 2. The number of aromatic nitrogens is 4. The van der Waals surface area contributed by atoms with Crippen LogP contribution in [0.3, 0.4) is 0 Å². The van der Waals surface area contributed by atoms with Crippen LogP contribution >= 0.6 is 0 Å². The Kier molecular flexibility index (Phi) is 10.9. The highest BCUT2D eigenvalue weighted by molar-refractivity contribution is 5.95. The molecule has 0 unspecified atom stereocenters. The molecule has 3 heterocycles. The van der Waals surface area contributed by atoms with E-state index >= 15 is 0 Å². The molecule has 0 spiro atoms. The van der Waals surface area contributed by atoms with E-state index in [2.05, 4.69) is 31.1 Å². The van der Waals surface area contributed by atoms with Crippen molar-refractivity contribution in [3.05, 3.63) is 66.7 Å². The van der Waals surface area contributed by atoms with E-state index in [1.807, 2.05) is 41.4 Å². The van der Waals surface area contributed by atoms with Gasteiger partial charge in [-0.2, -0.15) is 31.4 Å². The summed E-state index contributed by atoms with van der Waals surface area (Å²) in [4.78, 5) is 43.8. The number of aromatic amines is 1. The topological polar surface area (TPSA) is 162 Å². The molecule has 2 aromatic carbocycles. The van der Waals surface area contributed by atoms with E-state index in [-0.39, 0.29) is 5.91 Å². The lowest BCUT2D eigenvalue weighted by Gasteiger charge is -2.35. The number of hydrogen-bond donors (Lipinski definition) is 3. The average Bonchev–Trinajstić information content (AvgIpc) is 3.55. The van der Waals surface area contributed by atoms with Crippen molar-refractivity contribution >= 4 is 34.6 Å². The van der Waals surface area contributed by atoms with E-state index in [0.717, 1.165) is 27.8 Å². The number of methoxy groups -OCH3 is 1. The van der Waals surface area contributed by atoms with Crippen LogP contribution in [0.15, 0.2) is 61.2 Å². The van der Waals surface area contributed by atoms with Crippen molar-refractivity contribution in [1.82, 2.24) is 25.1 Å². The first-order chi connectivity index (χ1) is 21.1. The SMILES string of the molecule is COc1cccc(C(=O)N2CCN(c3ncnc4ccc(-c5cn[nH]c5)cc34)CC2)c1.O=C(O)C(F)(F)F.O=C(O)C(F)(F)F. The number of carboxylic acid groups (broad SMARTS) is 2. The summed E-state index contributed by atoms with van der Waals surface area (Å²) in [5, 5.41) is 22.1. The van der Waals surface area contributed by atoms with Crippen LogP contribution < -0.4 is 9.64 Å². The normalized spacial score (nSPS) is 13.2. The van der Waals surface area contributed by atoms with Crippen molar-refractivity contribution in [2.45, 2.75) is 12.4 Å². The molecule has 2 aromatic heterocycles. The Morgan fingerprint density at radius 1 is 0.867 bits per heavy atom. The van der Waals surface area contributed by atoms with Crippen LogP contribution in [0.1, 0.15) is 10.4 Å². The Labute approximate surface area is 249 Å². The largest absolute Gasteiger partial charge is 0.497 e. The van der Waals surface area contributed by atoms with Crippen molar-refractivity contribution < 1.29 is 55.7 Å². The van der Waals surface area contributed by atoms with Gasteiger partial charge in [0.15, 0.2) is 0 Å². The van der Waals surface area contributed by atoms with Crippen molar-refractivity contribution in [3.63, 3.8) is 0 Å². The van der Waals surface area contributed by atoms with E-state index in [1.54, 1.807) is 25.7 Å². The van der Waals surface area contributed by atoms with E-state index in [9.17, 15) is 31.1 Å². The van der Waals surface area contributed by atoms with Gasteiger partial charge in [0.05, 0.1) is 18.8 Å². The molecule has 1 aliphatic rings. The van der Waals surface area contributed by atoms with Crippen molar-refractivity contribution in [1.29, 1.82) is 0 Å². The second kappa shape index (κ2) is 14.4. The Morgan fingerprint density at radius 2 is 1.49 bits per heavy atom. The lowest BCUT2D eigenvalue weighted by Crippen LogP contribution is -2.49. The summed E-state index contributed by atoms with van der Waals surface area (Å²) < 4.78 is 68.7. The number of hydrogen-bond acceptors (Lipinski definition) is 8. The van der Waals surface area contributed by atoms with Crippen LogP contribution in [0.2, 0.25) is 0 Å². The summed E-state index contributed by atoms with van der Waals surface area (Å²) in [6.45, 7) is 2.67. The molecule has 1 aliphatic heterocycles. The molecule has 0 atom stereocenters. The molecule has 0 aliphatic carbocycles. The van der Waals surface area contributed by atoms with Gasteiger partial charge in [0.25, 0.3) is 5.91 Å². The Morgan fingerprint density at radius 3 is 2.02 bits per heavy atom. The van der Waals surface area contributed by atoms with Crippen LogP contribution in [-0.4, -0.2) is 98.8 Å². The molecule has 0 radical (unpaired) electrons. The number of halogens is 6. The van der Waals surface area contributed by atoms with Crippen LogP contribution in [0.5, 0.6) is 5.75 Å².